The Hall–Kier alpha value is -2.20. The van der Waals surface area contributed by atoms with Gasteiger partial charge >= 0.3 is 0 Å². The van der Waals surface area contributed by atoms with Gasteiger partial charge in [-0.05, 0) is 31.4 Å². The number of benzene rings is 1. The molecule has 1 aromatic carbocycles. The van der Waals surface area contributed by atoms with Gasteiger partial charge in [-0.2, -0.15) is 0 Å². The van der Waals surface area contributed by atoms with E-state index in [2.05, 4.69) is 11.0 Å². The third-order valence-corrected chi connectivity index (χ3v) is 5.53. The van der Waals surface area contributed by atoms with Crippen LogP contribution in [0.4, 0.5) is 0 Å². The summed E-state index contributed by atoms with van der Waals surface area (Å²) in [6.45, 7) is 3.84. The van der Waals surface area contributed by atoms with Crippen molar-refractivity contribution in [3.05, 3.63) is 70.1 Å². The van der Waals surface area contributed by atoms with E-state index in [1.54, 1.807) is 6.07 Å². The molecule has 2 aromatic rings. The second-order valence-electron chi connectivity index (χ2n) is 7.35. The van der Waals surface area contributed by atoms with Crippen molar-refractivity contribution in [3.8, 4) is 0 Å². The number of carbonyl (C=O) groups is 1. The monoisotopic (exact) mass is 336 g/mol. The second kappa shape index (κ2) is 6.96. The zero-order chi connectivity index (χ0) is 17.2. The minimum Gasteiger partial charge on any atom is -0.312 e. The van der Waals surface area contributed by atoms with E-state index in [1.807, 2.05) is 41.0 Å². The molecule has 0 spiro atoms. The highest BCUT2D eigenvalue weighted by molar-refractivity contribution is 5.95. The number of fused-ring (bicyclic) bond motifs is 4. The fraction of sp³-hybridized carbons (Fsp3) is 0.429. The molecule has 130 valence electrons. The average molecular weight is 336 g/mol. The van der Waals surface area contributed by atoms with Crippen LogP contribution in [-0.2, 0) is 6.54 Å². The highest BCUT2D eigenvalue weighted by Crippen LogP contribution is 2.34. The molecule has 0 saturated carbocycles. The van der Waals surface area contributed by atoms with Crippen molar-refractivity contribution in [1.29, 1.82) is 0 Å². The van der Waals surface area contributed by atoms with Gasteiger partial charge in [0.2, 0.25) is 0 Å². The Balaban J connectivity index is 1.35. The molecule has 1 fully saturated rings. The first kappa shape index (κ1) is 16.3. The molecule has 0 aliphatic carbocycles. The Morgan fingerprint density at radius 3 is 2.68 bits per heavy atom. The number of hydrogen-bond acceptors (Lipinski definition) is 3. The van der Waals surface area contributed by atoms with E-state index in [0.717, 1.165) is 38.2 Å². The predicted octanol–water partition coefficient (Wildman–Crippen LogP) is 2.93. The minimum absolute atomic E-state index is 0.133. The lowest BCUT2D eigenvalue weighted by atomic mass is 9.83. The zero-order valence-electron chi connectivity index (χ0n) is 14.4. The summed E-state index contributed by atoms with van der Waals surface area (Å²) in [5.74, 6) is 1.23. The number of carbonyl (C=O) groups excluding carboxylic acids is 1. The number of piperidine rings is 1. The van der Waals surface area contributed by atoms with Gasteiger partial charge in [0.1, 0.15) is 0 Å². The SMILES string of the molecule is O=C(CCCN1C[C@@H]2C[C@H](C1)c1cccc(=O)n1C2)c1ccccc1. The summed E-state index contributed by atoms with van der Waals surface area (Å²) >= 11 is 0. The molecule has 0 unspecified atom stereocenters. The maximum atomic E-state index is 12.2. The van der Waals surface area contributed by atoms with Gasteiger partial charge in [-0.15, -0.1) is 0 Å². The van der Waals surface area contributed by atoms with E-state index in [1.165, 1.54) is 12.1 Å². The van der Waals surface area contributed by atoms with Gasteiger partial charge in [0.05, 0.1) is 0 Å². The molecule has 4 nitrogen and oxygen atoms in total. The average Bonchev–Trinajstić information content (AvgIpc) is 2.63. The van der Waals surface area contributed by atoms with Crippen LogP contribution in [0.15, 0.2) is 53.3 Å². The molecule has 0 N–H and O–H groups in total. The summed E-state index contributed by atoms with van der Waals surface area (Å²) in [7, 11) is 0. The smallest absolute Gasteiger partial charge is 0.250 e. The van der Waals surface area contributed by atoms with E-state index in [-0.39, 0.29) is 11.3 Å². The first-order valence-corrected chi connectivity index (χ1v) is 9.21. The summed E-state index contributed by atoms with van der Waals surface area (Å²) in [6.07, 6.45) is 2.68. The van der Waals surface area contributed by atoms with Gasteiger partial charge in [0.15, 0.2) is 5.78 Å². The van der Waals surface area contributed by atoms with Gasteiger partial charge in [-0.25, -0.2) is 0 Å². The number of rotatable bonds is 5. The van der Waals surface area contributed by atoms with Gasteiger partial charge in [0.25, 0.3) is 5.56 Å². The Labute approximate surface area is 148 Å². The van der Waals surface area contributed by atoms with Crippen LogP contribution >= 0.6 is 0 Å². The summed E-state index contributed by atoms with van der Waals surface area (Å²) in [5, 5.41) is 0. The molecule has 2 aliphatic rings. The second-order valence-corrected chi connectivity index (χ2v) is 7.35. The zero-order valence-corrected chi connectivity index (χ0v) is 14.4. The molecular weight excluding hydrogens is 312 g/mol. The maximum Gasteiger partial charge on any atom is 0.250 e. The van der Waals surface area contributed by atoms with Gasteiger partial charge < -0.3 is 9.47 Å². The highest BCUT2D eigenvalue weighted by atomic mass is 16.1. The number of pyridine rings is 1. The van der Waals surface area contributed by atoms with Crippen molar-refractivity contribution in [2.24, 2.45) is 5.92 Å². The molecule has 2 aliphatic heterocycles. The fourth-order valence-corrected chi connectivity index (χ4v) is 4.41. The summed E-state index contributed by atoms with van der Waals surface area (Å²) in [4.78, 5) is 26.8. The maximum absolute atomic E-state index is 12.2. The third-order valence-electron chi connectivity index (χ3n) is 5.53. The van der Waals surface area contributed by atoms with Gasteiger partial charge in [0, 0.05) is 49.3 Å². The molecular formula is C21H24N2O2. The predicted molar refractivity (Wildman–Crippen MR) is 98.0 cm³/mol. The Bertz CT molecular complexity index is 812. The number of ketones is 1. The molecule has 2 bridgehead atoms. The van der Waals surface area contributed by atoms with E-state index < -0.39 is 0 Å². The molecule has 3 heterocycles. The van der Waals surface area contributed by atoms with E-state index >= 15 is 0 Å². The van der Waals surface area contributed by atoms with Crippen molar-refractivity contribution in [1.82, 2.24) is 9.47 Å². The summed E-state index contributed by atoms with van der Waals surface area (Å²) in [6, 6.07) is 15.2. The van der Waals surface area contributed by atoms with Crippen LogP contribution in [0.5, 0.6) is 0 Å². The number of hydrogen-bond donors (Lipinski definition) is 0. The molecule has 1 aromatic heterocycles. The Morgan fingerprint density at radius 1 is 1.00 bits per heavy atom. The number of likely N-dealkylation sites (tertiary alicyclic amines) is 1. The molecule has 1 saturated heterocycles. The Kier molecular flexibility index (Phi) is 4.53. The molecule has 25 heavy (non-hydrogen) atoms. The van der Waals surface area contributed by atoms with Crippen LogP contribution in [0.1, 0.15) is 41.2 Å². The van der Waals surface area contributed by atoms with E-state index in [9.17, 15) is 9.59 Å². The lowest BCUT2D eigenvalue weighted by Gasteiger charge is -2.42. The molecule has 0 amide bonds. The first-order valence-electron chi connectivity index (χ1n) is 9.21. The number of nitrogens with zero attached hydrogens (tertiary/aromatic N) is 2. The van der Waals surface area contributed by atoms with Crippen molar-refractivity contribution in [2.45, 2.75) is 31.7 Å². The molecule has 4 rings (SSSR count). The van der Waals surface area contributed by atoms with E-state index in [0.29, 0.717) is 18.3 Å². The molecule has 4 heteroatoms. The van der Waals surface area contributed by atoms with Crippen molar-refractivity contribution in [2.75, 3.05) is 19.6 Å². The van der Waals surface area contributed by atoms with Crippen LogP contribution < -0.4 is 5.56 Å². The number of aromatic nitrogens is 1. The lowest BCUT2D eigenvalue weighted by molar-refractivity contribution is 0.0951. The van der Waals surface area contributed by atoms with Crippen LogP contribution in [0.25, 0.3) is 0 Å². The van der Waals surface area contributed by atoms with Crippen LogP contribution in [0, 0.1) is 5.92 Å². The number of Topliss-reactive ketones (excluding diaryl/α,β-unsaturated/α-hetero) is 1. The minimum atomic E-state index is 0.133. The topological polar surface area (TPSA) is 42.3 Å². The van der Waals surface area contributed by atoms with Crippen molar-refractivity contribution >= 4 is 5.78 Å². The van der Waals surface area contributed by atoms with Crippen LogP contribution in [0.3, 0.4) is 0 Å². The normalized spacial score (nSPS) is 22.4. The van der Waals surface area contributed by atoms with Crippen LogP contribution in [-0.4, -0.2) is 34.9 Å². The van der Waals surface area contributed by atoms with Gasteiger partial charge in [-0.3, -0.25) is 9.59 Å². The third kappa shape index (κ3) is 3.45. The lowest BCUT2D eigenvalue weighted by Crippen LogP contribution is -2.47. The first-order chi connectivity index (χ1) is 12.2. The molecule has 0 radical (unpaired) electrons. The van der Waals surface area contributed by atoms with E-state index in [4.69, 9.17) is 0 Å². The quantitative estimate of drug-likeness (QED) is 0.789. The standard InChI is InChI=1S/C21H24N2O2/c24-20(17-6-2-1-3-7-17)9-5-11-22-13-16-12-18(15-22)19-8-4-10-21(25)23(19)14-16/h1-4,6-8,10,16,18H,5,9,11-15H2/t16-,18+/m0/s1. The largest absolute Gasteiger partial charge is 0.312 e. The fourth-order valence-electron chi connectivity index (χ4n) is 4.41. The summed E-state index contributed by atoms with van der Waals surface area (Å²) in [5.41, 5.74) is 2.13. The Morgan fingerprint density at radius 2 is 1.84 bits per heavy atom. The van der Waals surface area contributed by atoms with Gasteiger partial charge in [-0.1, -0.05) is 36.4 Å². The highest BCUT2D eigenvalue weighted by Gasteiger charge is 2.34. The summed E-state index contributed by atoms with van der Waals surface area (Å²) < 4.78 is 1.97. The van der Waals surface area contributed by atoms with Crippen molar-refractivity contribution < 1.29 is 4.79 Å². The molecule has 2 atom stereocenters. The van der Waals surface area contributed by atoms with Crippen molar-refractivity contribution in [3.63, 3.8) is 0 Å². The van der Waals surface area contributed by atoms with Crippen LogP contribution in [0.2, 0.25) is 0 Å².